The molecule has 0 aliphatic carbocycles. The van der Waals surface area contributed by atoms with Crippen LogP contribution in [0.2, 0.25) is 0 Å². The van der Waals surface area contributed by atoms with E-state index >= 15 is 0 Å². The van der Waals surface area contributed by atoms with Gasteiger partial charge >= 0.3 is 5.97 Å². The molecule has 1 aromatic heterocycles. The van der Waals surface area contributed by atoms with E-state index in [0.29, 0.717) is 5.69 Å². The predicted octanol–water partition coefficient (Wildman–Crippen LogP) is 5.52. The molecule has 0 radical (unpaired) electrons. The molecule has 10 heteroatoms. The number of nitrogens with one attached hydrogen (secondary N) is 1. The number of benzene rings is 1. The number of hydrogen-bond donors (Lipinski definition) is 4. The molecule has 0 atom stereocenters. The van der Waals surface area contributed by atoms with E-state index < -0.39 is 52.1 Å². The number of ether oxygens (including phenoxy) is 1. The van der Waals surface area contributed by atoms with Gasteiger partial charge in [0, 0.05) is 29.1 Å². The minimum Gasteiger partial charge on any atom is -0.512 e. The van der Waals surface area contributed by atoms with Crippen LogP contribution in [0.25, 0.3) is 16.5 Å². The predicted molar refractivity (Wildman–Crippen MR) is 130 cm³/mol. The van der Waals surface area contributed by atoms with Gasteiger partial charge in [-0.1, -0.05) is 32.0 Å². The lowest BCUT2D eigenvalue weighted by atomic mass is 9.81. The van der Waals surface area contributed by atoms with Crippen molar-refractivity contribution in [1.82, 2.24) is 9.88 Å². The molecule has 8 nitrogen and oxygen atoms in total. The Bertz CT molecular complexity index is 1340. The number of hydrogen-bond acceptors (Lipinski definition) is 6. The Kier molecular flexibility index (Phi) is 7.28. The fourth-order valence-electron chi connectivity index (χ4n) is 4.23. The number of halogens is 2. The number of rotatable bonds is 5. The van der Waals surface area contributed by atoms with Gasteiger partial charge in [0.05, 0.1) is 17.4 Å². The molecule has 192 valence electrons. The molecule has 1 aromatic carbocycles. The maximum Gasteiger partial charge on any atom is 0.342 e. The average Bonchev–Trinajstić information content (AvgIpc) is 3.14. The van der Waals surface area contributed by atoms with Gasteiger partial charge in [-0.15, -0.1) is 0 Å². The lowest BCUT2D eigenvalue weighted by molar-refractivity contribution is -0.140. The first-order valence-corrected chi connectivity index (χ1v) is 11.1. The van der Waals surface area contributed by atoms with Gasteiger partial charge in [-0.25, -0.2) is 9.18 Å². The fraction of sp³-hybridized carbons (Fsp3) is 0.308. The molecule has 0 saturated carbocycles. The number of allylic oxidation sites excluding steroid dienone is 3. The SMILES string of the molecule is C\C(O)=C(C(=O)N1C=C(C(=O)OC(C)C)c2[nH]c3ccccc3c2C(C)(C)C1)/C(O)=C(F)\C(F)=C\O. The van der Waals surface area contributed by atoms with E-state index in [9.17, 15) is 28.6 Å². The summed E-state index contributed by atoms with van der Waals surface area (Å²) in [5.41, 5.74) is 0.168. The maximum absolute atomic E-state index is 14.3. The van der Waals surface area contributed by atoms with Crippen molar-refractivity contribution < 1.29 is 38.4 Å². The van der Waals surface area contributed by atoms with Crippen LogP contribution in [-0.2, 0) is 19.7 Å². The highest BCUT2D eigenvalue weighted by atomic mass is 19.2. The van der Waals surface area contributed by atoms with Crippen LogP contribution in [0.1, 0.15) is 45.9 Å². The highest BCUT2D eigenvalue weighted by Crippen LogP contribution is 2.41. The van der Waals surface area contributed by atoms with E-state index in [1.54, 1.807) is 13.8 Å². The number of esters is 1. The maximum atomic E-state index is 14.3. The summed E-state index contributed by atoms with van der Waals surface area (Å²) in [6.45, 7) is 7.93. The third-order valence-corrected chi connectivity index (χ3v) is 5.67. The van der Waals surface area contributed by atoms with Crippen molar-refractivity contribution in [3.8, 4) is 0 Å². The van der Waals surface area contributed by atoms with Crippen LogP contribution in [0.4, 0.5) is 8.78 Å². The van der Waals surface area contributed by atoms with Crippen molar-refractivity contribution in [3.05, 3.63) is 76.7 Å². The van der Waals surface area contributed by atoms with Gasteiger partial charge in [-0.2, -0.15) is 4.39 Å². The second-order valence-electron chi connectivity index (χ2n) is 9.33. The smallest absolute Gasteiger partial charge is 0.342 e. The van der Waals surface area contributed by atoms with Gasteiger partial charge < -0.3 is 29.9 Å². The monoisotopic (exact) mass is 502 g/mol. The van der Waals surface area contributed by atoms with Crippen LogP contribution in [-0.4, -0.2) is 49.7 Å². The first kappa shape index (κ1) is 26.5. The molecule has 0 bridgehead atoms. The highest BCUT2D eigenvalue weighted by molar-refractivity contribution is 6.18. The minimum atomic E-state index is -1.94. The average molecular weight is 503 g/mol. The van der Waals surface area contributed by atoms with E-state index in [1.807, 2.05) is 38.1 Å². The summed E-state index contributed by atoms with van der Waals surface area (Å²) in [6, 6.07) is 7.38. The van der Waals surface area contributed by atoms with Crippen LogP contribution < -0.4 is 0 Å². The van der Waals surface area contributed by atoms with Crippen molar-refractivity contribution in [2.45, 2.75) is 46.1 Å². The lowest BCUT2D eigenvalue weighted by Crippen LogP contribution is -2.38. The van der Waals surface area contributed by atoms with E-state index in [4.69, 9.17) is 9.84 Å². The van der Waals surface area contributed by atoms with Crippen LogP contribution in [0, 0.1) is 0 Å². The second kappa shape index (κ2) is 9.88. The second-order valence-corrected chi connectivity index (χ2v) is 9.33. The number of amides is 1. The Hall–Kier alpha value is -4.08. The molecular formula is C26H28F2N2O6. The molecular weight excluding hydrogens is 474 g/mol. The summed E-state index contributed by atoms with van der Waals surface area (Å²) in [5, 5.41) is 29.9. The quantitative estimate of drug-likeness (QED) is 0.185. The zero-order chi connectivity index (χ0) is 26.9. The Morgan fingerprint density at radius 3 is 2.42 bits per heavy atom. The molecule has 3 rings (SSSR count). The molecule has 4 N–H and O–H groups in total. The van der Waals surface area contributed by atoms with Crippen molar-refractivity contribution >= 4 is 28.4 Å². The Balaban J connectivity index is 2.25. The van der Waals surface area contributed by atoms with Crippen LogP contribution in [0.3, 0.4) is 0 Å². The van der Waals surface area contributed by atoms with Crippen molar-refractivity contribution in [3.63, 3.8) is 0 Å². The third kappa shape index (κ3) is 4.84. The van der Waals surface area contributed by atoms with Crippen molar-refractivity contribution in [2.24, 2.45) is 0 Å². The normalized spacial score (nSPS) is 17.2. The number of aromatic amines is 1. The zero-order valence-electron chi connectivity index (χ0n) is 20.5. The first-order chi connectivity index (χ1) is 16.8. The van der Waals surface area contributed by atoms with E-state index in [-0.39, 0.29) is 18.4 Å². The standard InChI is InChI=1S/C26H28F2N2O6/c1-13(2)36-25(35)16-10-30(24(34)19(14(3)32)23(33)21(28)17(27)11-31)12-26(4,5)20-15-8-6-7-9-18(15)29-22(16)20/h6-11,13,29,31-33H,12H2,1-5H3/b17-11-,19-14-,23-21-. The topological polar surface area (TPSA) is 123 Å². The number of aliphatic hydroxyl groups excluding tert-OH is 3. The Morgan fingerprint density at radius 1 is 1.19 bits per heavy atom. The van der Waals surface area contributed by atoms with E-state index in [2.05, 4.69) is 4.98 Å². The largest absolute Gasteiger partial charge is 0.512 e. The van der Waals surface area contributed by atoms with Gasteiger partial charge in [0.1, 0.15) is 17.6 Å². The minimum absolute atomic E-state index is 0.00542. The molecule has 0 unspecified atom stereocenters. The lowest BCUT2D eigenvalue weighted by Gasteiger charge is -2.30. The van der Waals surface area contributed by atoms with Crippen molar-refractivity contribution in [1.29, 1.82) is 0 Å². The number of fused-ring (bicyclic) bond motifs is 3. The van der Waals surface area contributed by atoms with E-state index in [1.165, 1.54) is 6.20 Å². The number of carbonyl (C=O) groups excluding carboxylic acids is 2. The summed E-state index contributed by atoms with van der Waals surface area (Å²) in [6.07, 6.45) is 0.492. The molecule has 36 heavy (non-hydrogen) atoms. The number of aromatic nitrogens is 1. The van der Waals surface area contributed by atoms with Crippen molar-refractivity contribution in [2.75, 3.05) is 6.54 Å². The van der Waals surface area contributed by atoms with Gasteiger partial charge in [-0.3, -0.25) is 4.79 Å². The third-order valence-electron chi connectivity index (χ3n) is 5.67. The zero-order valence-corrected chi connectivity index (χ0v) is 20.5. The molecule has 2 heterocycles. The summed E-state index contributed by atoms with van der Waals surface area (Å²) < 4.78 is 33.2. The molecule has 1 amide bonds. The van der Waals surface area contributed by atoms with Crippen LogP contribution >= 0.6 is 0 Å². The van der Waals surface area contributed by atoms with Crippen LogP contribution in [0.15, 0.2) is 65.5 Å². The number of carbonyl (C=O) groups is 2. The Morgan fingerprint density at radius 2 is 1.83 bits per heavy atom. The van der Waals surface area contributed by atoms with Gasteiger partial charge in [0.25, 0.3) is 5.91 Å². The fourth-order valence-corrected chi connectivity index (χ4v) is 4.23. The molecule has 1 aliphatic heterocycles. The van der Waals surface area contributed by atoms with Crippen LogP contribution in [0.5, 0.6) is 0 Å². The van der Waals surface area contributed by atoms with Gasteiger partial charge in [0.15, 0.2) is 11.6 Å². The highest BCUT2D eigenvalue weighted by Gasteiger charge is 2.39. The summed E-state index contributed by atoms with van der Waals surface area (Å²) >= 11 is 0. The number of nitrogens with zero attached hydrogens (tertiary/aromatic N) is 1. The molecule has 0 saturated heterocycles. The number of aliphatic hydroxyl groups is 3. The van der Waals surface area contributed by atoms with Gasteiger partial charge in [0.2, 0.25) is 5.83 Å². The summed E-state index contributed by atoms with van der Waals surface area (Å²) in [4.78, 5) is 30.9. The summed E-state index contributed by atoms with van der Waals surface area (Å²) in [5.74, 6) is -7.93. The molecule has 0 fully saturated rings. The Labute approximate surface area is 206 Å². The molecule has 0 spiro atoms. The molecule has 1 aliphatic rings. The first-order valence-electron chi connectivity index (χ1n) is 11.1. The number of H-pyrrole nitrogens is 1. The number of para-hydroxylation sites is 1. The van der Waals surface area contributed by atoms with E-state index in [0.717, 1.165) is 28.3 Å². The van der Waals surface area contributed by atoms with Gasteiger partial charge in [-0.05, 0) is 32.4 Å². The molecule has 2 aromatic rings. The summed E-state index contributed by atoms with van der Waals surface area (Å²) in [7, 11) is 0.